The van der Waals surface area contributed by atoms with Crippen molar-refractivity contribution in [3.05, 3.63) is 16.1 Å². The number of halogens is 1. The molecule has 19 heavy (non-hydrogen) atoms. The first kappa shape index (κ1) is 16.4. The van der Waals surface area contributed by atoms with Crippen LogP contribution in [0.3, 0.4) is 0 Å². The number of sulfone groups is 1. The van der Waals surface area contributed by atoms with Gasteiger partial charge in [-0.1, -0.05) is 0 Å². The molecule has 8 heteroatoms. The molecule has 0 radical (unpaired) electrons. The molecular weight excluding hydrogens is 308 g/mol. The van der Waals surface area contributed by atoms with Crippen molar-refractivity contribution in [2.75, 3.05) is 12.8 Å². The predicted octanol–water partition coefficient (Wildman–Crippen LogP) is 1.36. The smallest absolute Gasteiger partial charge is 0.226 e. The molecule has 0 saturated carbocycles. The summed E-state index contributed by atoms with van der Waals surface area (Å²) in [4.78, 5) is 15.9. The van der Waals surface area contributed by atoms with Crippen molar-refractivity contribution in [2.24, 2.45) is 0 Å². The normalized spacial score (nSPS) is 12.4. The van der Waals surface area contributed by atoms with Crippen molar-refractivity contribution >= 4 is 38.7 Å². The summed E-state index contributed by atoms with van der Waals surface area (Å²) in [6, 6.07) is 0. The molecule has 5 nitrogen and oxygen atoms in total. The standard InChI is InChI=1S/C11H17ClN2O3S2/c1-11(2,19(3,16)17)7-13-9(15)4-10-14-8(5-12)6-18-10/h6H,4-5,7H2,1-3H3,(H,13,15). The topological polar surface area (TPSA) is 76.1 Å². The average Bonchev–Trinajstić information content (AvgIpc) is 2.72. The Hall–Kier alpha value is -0.660. The molecule has 108 valence electrons. The fraction of sp³-hybridized carbons (Fsp3) is 0.636. The van der Waals surface area contributed by atoms with Crippen molar-refractivity contribution in [1.29, 1.82) is 0 Å². The van der Waals surface area contributed by atoms with Crippen LogP contribution in [0.15, 0.2) is 5.38 Å². The third kappa shape index (κ3) is 4.74. The third-order valence-corrected chi connectivity index (χ3v) is 6.09. The fourth-order valence-electron chi connectivity index (χ4n) is 1.13. The van der Waals surface area contributed by atoms with Gasteiger partial charge in [0.1, 0.15) is 5.01 Å². The van der Waals surface area contributed by atoms with Crippen molar-refractivity contribution in [3.63, 3.8) is 0 Å². The largest absolute Gasteiger partial charge is 0.354 e. The highest BCUT2D eigenvalue weighted by Gasteiger charge is 2.30. The molecule has 1 aromatic heterocycles. The number of hydrogen-bond acceptors (Lipinski definition) is 5. The maximum absolute atomic E-state index is 11.7. The number of carbonyl (C=O) groups is 1. The van der Waals surface area contributed by atoms with E-state index in [-0.39, 0.29) is 18.9 Å². The zero-order chi connectivity index (χ0) is 14.7. The Kier molecular flexibility index (Phi) is 5.34. The minimum Gasteiger partial charge on any atom is -0.354 e. The summed E-state index contributed by atoms with van der Waals surface area (Å²) in [6.45, 7) is 3.24. The summed E-state index contributed by atoms with van der Waals surface area (Å²) in [5.74, 6) is 0.0753. The predicted molar refractivity (Wildman–Crippen MR) is 77.3 cm³/mol. The Labute approximate surface area is 122 Å². The van der Waals surface area contributed by atoms with Crippen LogP contribution >= 0.6 is 22.9 Å². The van der Waals surface area contributed by atoms with E-state index in [0.717, 1.165) is 11.9 Å². The fourth-order valence-corrected chi connectivity index (χ4v) is 2.49. The van der Waals surface area contributed by atoms with Crippen LogP contribution in [0.4, 0.5) is 0 Å². The highest BCUT2D eigenvalue weighted by Crippen LogP contribution is 2.14. The van der Waals surface area contributed by atoms with Gasteiger partial charge < -0.3 is 5.32 Å². The van der Waals surface area contributed by atoms with E-state index in [0.29, 0.717) is 10.9 Å². The molecule has 0 spiro atoms. The summed E-state index contributed by atoms with van der Waals surface area (Å²) in [5.41, 5.74) is 0.742. The van der Waals surface area contributed by atoms with Gasteiger partial charge in [-0.2, -0.15) is 0 Å². The number of alkyl halides is 1. The number of amides is 1. The van der Waals surface area contributed by atoms with Crippen LogP contribution in [0.2, 0.25) is 0 Å². The van der Waals surface area contributed by atoms with Gasteiger partial charge in [-0.3, -0.25) is 4.79 Å². The third-order valence-electron chi connectivity index (χ3n) is 2.76. The van der Waals surface area contributed by atoms with Crippen LogP contribution < -0.4 is 5.32 Å². The quantitative estimate of drug-likeness (QED) is 0.802. The van der Waals surface area contributed by atoms with Crippen LogP contribution in [0, 0.1) is 0 Å². The highest BCUT2D eigenvalue weighted by atomic mass is 35.5. The summed E-state index contributed by atoms with van der Waals surface area (Å²) in [5, 5.41) is 5.09. The lowest BCUT2D eigenvalue weighted by Crippen LogP contribution is -2.44. The molecule has 0 unspecified atom stereocenters. The second kappa shape index (κ2) is 6.19. The van der Waals surface area contributed by atoms with Gasteiger partial charge >= 0.3 is 0 Å². The van der Waals surface area contributed by atoms with E-state index in [9.17, 15) is 13.2 Å². The second-order valence-corrected chi connectivity index (χ2v) is 8.71. The number of thiazole rings is 1. The van der Waals surface area contributed by atoms with Gasteiger partial charge in [0.2, 0.25) is 5.91 Å². The molecule has 1 amide bonds. The van der Waals surface area contributed by atoms with Crippen molar-refractivity contribution in [3.8, 4) is 0 Å². The molecule has 1 N–H and O–H groups in total. The number of aromatic nitrogens is 1. The Morgan fingerprint density at radius 1 is 1.53 bits per heavy atom. The zero-order valence-corrected chi connectivity index (χ0v) is 13.5. The summed E-state index contributed by atoms with van der Waals surface area (Å²) in [6.07, 6.45) is 1.30. The van der Waals surface area contributed by atoms with Gasteiger partial charge in [0.05, 0.1) is 22.7 Å². The first-order chi connectivity index (χ1) is 8.65. The number of nitrogens with one attached hydrogen (secondary N) is 1. The van der Waals surface area contributed by atoms with E-state index in [1.807, 2.05) is 0 Å². The van der Waals surface area contributed by atoms with Crippen LogP contribution in [0.1, 0.15) is 24.5 Å². The molecule has 0 bridgehead atoms. The van der Waals surface area contributed by atoms with Crippen molar-refractivity contribution in [2.45, 2.75) is 30.9 Å². The number of rotatable bonds is 6. The van der Waals surface area contributed by atoms with E-state index >= 15 is 0 Å². The minimum absolute atomic E-state index is 0.0818. The minimum atomic E-state index is -3.22. The van der Waals surface area contributed by atoms with Crippen LogP contribution in [0.5, 0.6) is 0 Å². The van der Waals surface area contributed by atoms with Gasteiger partial charge in [-0.25, -0.2) is 13.4 Å². The molecule has 0 aliphatic rings. The van der Waals surface area contributed by atoms with Gasteiger partial charge in [0.25, 0.3) is 0 Å². The Morgan fingerprint density at radius 2 is 2.16 bits per heavy atom. The highest BCUT2D eigenvalue weighted by molar-refractivity contribution is 7.92. The molecule has 1 aromatic rings. The summed E-state index contributed by atoms with van der Waals surface area (Å²) >= 11 is 6.99. The van der Waals surface area contributed by atoms with Crippen LogP contribution in [-0.4, -0.2) is 36.9 Å². The Balaban J connectivity index is 2.53. The first-order valence-corrected chi connectivity index (χ1v) is 8.92. The first-order valence-electron chi connectivity index (χ1n) is 5.61. The van der Waals surface area contributed by atoms with E-state index in [1.54, 1.807) is 19.2 Å². The molecular formula is C11H17ClN2O3S2. The summed E-state index contributed by atoms with van der Waals surface area (Å²) < 4.78 is 22.0. The lowest BCUT2D eigenvalue weighted by molar-refractivity contribution is -0.120. The van der Waals surface area contributed by atoms with Gasteiger partial charge in [0.15, 0.2) is 9.84 Å². The maximum atomic E-state index is 11.7. The van der Waals surface area contributed by atoms with E-state index in [2.05, 4.69) is 10.3 Å². The average molecular weight is 325 g/mol. The van der Waals surface area contributed by atoms with E-state index in [4.69, 9.17) is 11.6 Å². The maximum Gasteiger partial charge on any atom is 0.226 e. The lowest BCUT2D eigenvalue weighted by atomic mass is 10.2. The SMILES string of the molecule is CC(C)(CNC(=O)Cc1nc(CCl)cs1)S(C)(=O)=O. The van der Waals surface area contributed by atoms with Crippen molar-refractivity contribution in [1.82, 2.24) is 10.3 Å². The molecule has 0 aliphatic carbocycles. The molecule has 0 atom stereocenters. The molecule has 1 heterocycles. The van der Waals surface area contributed by atoms with E-state index < -0.39 is 14.6 Å². The zero-order valence-electron chi connectivity index (χ0n) is 11.1. The second-order valence-electron chi connectivity index (χ2n) is 4.85. The van der Waals surface area contributed by atoms with E-state index in [1.165, 1.54) is 11.3 Å². The van der Waals surface area contributed by atoms with Crippen molar-refractivity contribution < 1.29 is 13.2 Å². The molecule has 0 saturated heterocycles. The number of hydrogen-bond donors (Lipinski definition) is 1. The number of nitrogens with zero attached hydrogens (tertiary/aromatic N) is 1. The van der Waals surface area contributed by atoms with Gasteiger partial charge in [0, 0.05) is 18.2 Å². The van der Waals surface area contributed by atoms with Crippen LogP contribution in [-0.2, 0) is 26.9 Å². The Bertz CT molecular complexity index is 552. The van der Waals surface area contributed by atoms with Crippen LogP contribution in [0.25, 0.3) is 0 Å². The monoisotopic (exact) mass is 324 g/mol. The number of carbonyl (C=O) groups excluding carboxylic acids is 1. The van der Waals surface area contributed by atoms with Gasteiger partial charge in [-0.05, 0) is 13.8 Å². The Morgan fingerprint density at radius 3 is 2.63 bits per heavy atom. The lowest BCUT2D eigenvalue weighted by Gasteiger charge is -2.22. The summed E-state index contributed by atoms with van der Waals surface area (Å²) in [7, 11) is -3.22. The molecule has 0 aliphatic heterocycles. The molecule has 1 rings (SSSR count). The molecule has 0 aromatic carbocycles. The molecule has 0 fully saturated rings. The van der Waals surface area contributed by atoms with Gasteiger partial charge in [-0.15, -0.1) is 22.9 Å².